The van der Waals surface area contributed by atoms with Crippen molar-refractivity contribution in [2.45, 2.75) is 0 Å². The molecule has 0 spiro atoms. The number of para-hydroxylation sites is 2. The van der Waals surface area contributed by atoms with Gasteiger partial charge in [0, 0.05) is 44.3 Å². The highest BCUT2D eigenvalue weighted by atomic mass is 16.3. The molecule has 0 bridgehead atoms. The van der Waals surface area contributed by atoms with E-state index in [0.717, 1.165) is 50.2 Å². The Labute approximate surface area is 283 Å². The van der Waals surface area contributed by atoms with E-state index < -0.39 is 0 Å². The van der Waals surface area contributed by atoms with Crippen molar-refractivity contribution >= 4 is 71.6 Å². The van der Waals surface area contributed by atoms with Crippen molar-refractivity contribution < 1.29 is 4.42 Å². The highest BCUT2D eigenvalue weighted by molar-refractivity contribution is 6.12. The van der Waals surface area contributed by atoms with Crippen molar-refractivity contribution in [2.75, 3.05) is 4.90 Å². The van der Waals surface area contributed by atoms with E-state index in [1.165, 1.54) is 38.2 Å². The standard InChI is InChI=1S/C46H30N2O/c1-3-12-31(13-4-1)32-16-11-19-36(26-32)47(37-23-25-45-42(29-37)41-27-33-14-7-8-15-34(33)28-46(41)49-45)38-22-24-40-39-20-9-10-21-43(39)48(44(40)30-38)35-17-5-2-6-18-35/h1-30H. The Balaban J connectivity index is 1.23. The van der Waals surface area contributed by atoms with Gasteiger partial charge in [-0.3, -0.25) is 0 Å². The lowest BCUT2D eigenvalue weighted by Crippen LogP contribution is -2.10. The highest BCUT2D eigenvalue weighted by Crippen LogP contribution is 2.42. The summed E-state index contributed by atoms with van der Waals surface area (Å²) in [5.74, 6) is 0. The van der Waals surface area contributed by atoms with Crippen LogP contribution in [0.2, 0.25) is 0 Å². The Morgan fingerprint density at radius 1 is 0.367 bits per heavy atom. The molecule has 3 nitrogen and oxygen atoms in total. The van der Waals surface area contributed by atoms with E-state index in [0.29, 0.717) is 0 Å². The largest absolute Gasteiger partial charge is 0.456 e. The van der Waals surface area contributed by atoms with Crippen LogP contribution < -0.4 is 4.90 Å². The molecule has 2 aromatic heterocycles. The van der Waals surface area contributed by atoms with Crippen LogP contribution in [0.15, 0.2) is 186 Å². The lowest BCUT2D eigenvalue weighted by atomic mass is 10.0. The minimum Gasteiger partial charge on any atom is -0.456 e. The molecule has 0 unspecified atom stereocenters. The van der Waals surface area contributed by atoms with E-state index in [4.69, 9.17) is 4.42 Å². The van der Waals surface area contributed by atoms with Crippen molar-refractivity contribution in [3.63, 3.8) is 0 Å². The summed E-state index contributed by atoms with van der Waals surface area (Å²) in [5, 5.41) is 7.06. The lowest BCUT2D eigenvalue weighted by molar-refractivity contribution is 0.669. The molecule has 0 amide bonds. The third-order valence-corrected chi connectivity index (χ3v) is 9.72. The third-order valence-electron chi connectivity index (χ3n) is 9.72. The topological polar surface area (TPSA) is 21.3 Å². The number of rotatable bonds is 5. The normalized spacial score (nSPS) is 11.7. The third kappa shape index (κ3) is 4.51. The molecule has 0 aliphatic heterocycles. The first-order chi connectivity index (χ1) is 24.3. The molecule has 3 heteroatoms. The van der Waals surface area contributed by atoms with Gasteiger partial charge in [0.1, 0.15) is 11.2 Å². The maximum Gasteiger partial charge on any atom is 0.136 e. The van der Waals surface area contributed by atoms with Crippen LogP contribution in [0.1, 0.15) is 0 Å². The van der Waals surface area contributed by atoms with Gasteiger partial charge < -0.3 is 13.9 Å². The first-order valence-corrected chi connectivity index (χ1v) is 16.7. The van der Waals surface area contributed by atoms with E-state index in [9.17, 15) is 0 Å². The number of benzene rings is 8. The van der Waals surface area contributed by atoms with E-state index in [1.807, 2.05) is 0 Å². The number of nitrogens with zero attached hydrogens (tertiary/aromatic N) is 2. The fourth-order valence-electron chi connectivity index (χ4n) is 7.44. The van der Waals surface area contributed by atoms with Crippen LogP contribution in [0.5, 0.6) is 0 Å². The van der Waals surface area contributed by atoms with Crippen LogP contribution in [-0.4, -0.2) is 4.57 Å². The van der Waals surface area contributed by atoms with Crippen LogP contribution in [0.3, 0.4) is 0 Å². The number of furan rings is 1. The molecule has 0 saturated heterocycles. The van der Waals surface area contributed by atoms with Crippen LogP contribution in [0.4, 0.5) is 17.1 Å². The van der Waals surface area contributed by atoms with Crippen molar-refractivity contribution in [3.8, 4) is 16.8 Å². The molecule has 49 heavy (non-hydrogen) atoms. The molecule has 0 N–H and O–H groups in total. The van der Waals surface area contributed by atoms with E-state index >= 15 is 0 Å². The molecule has 10 aromatic rings. The average Bonchev–Trinajstić information content (AvgIpc) is 3.69. The smallest absolute Gasteiger partial charge is 0.136 e. The van der Waals surface area contributed by atoms with Gasteiger partial charge in [-0.25, -0.2) is 0 Å². The second kappa shape index (κ2) is 11.0. The lowest BCUT2D eigenvalue weighted by Gasteiger charge is -2.26. The minimum atomic E-state index is 0.881. The predicted molar refractivity (Wildman–Crippen MR) is 206 cm³/mol. The zero-order valence-electron chi connectivity index (χ0n) is 26.6. The molecule has 0 aliphatic rings. The molecule has 0 aliphatic carbocycles. The zero-order chi connectivity index (χ0) is 32.3. The Bertz CT molecular complexity index is 2830. The van der Waals surface area contributed by atoms with Crippen molar-refractivity contribution in [1.29, 1.82) is 0 Å². The second-order valence-corrected chi connectivity index (χ2v) is 12.6. The molecule has 8 aromatic carbocycles. The van der Waals surface area contributed by atoms with Gasteiger partial charge in [-0.1, -0.05) is 109 Å². The molecule has 0 saturated carbocycles. The summed E-state index contributed by atoms with van der Waals surface area (Å²) < 4.78 is 8.80. The Morgan fingerprint density at radius 2 is 1.00 bits per heavy atom. The van der Waals surface area contributed by atoms with Gasteiger partial charge in [-0.2, -0.15) is 0 Å². The van der Waals surface area contributed by atoms with Crippen molar-refractivity contribution in [1.82, 2.24) is 4.57 Å². The van der Waals surface area contributed by atoms with Gasteiger partial charge in [-0.05, 0) is 94.7 Å². The van der Waals surface area contributed by atoms with Crippen LogP contribution in [-0.2, 0) is 0 Å². The van der Waals surface area contributed by atoms with Crippen molar-refractivity contribution in [3.05, 3.63) is 182 Å². The molecule has 0 radical (unpaired) electrons. The molecule has 10 rings (SSSR count). The quantitative estimate of drug-likeness (QED) is 0.190. The predicted octanol–water partition coefficient (Wildman–Crippen LogP) is 13.0. The number of fused-ring (bicyclic) bond motifs is 7. The number of anilines is 3. The van der Waals surface area contributed by atoms with Gasteiger partial charge >= 0.3 is 0 Å². The average molecular weight is 627 g/mol. The maximum atomic E-state index is 6.42. The van der Waals surface area contributed by atoms with Gasteiger partial charge in [0.2, 0.25) is 0 Å². The minimum absolute atomic E-state index is 0.881. The molecule has 0 fully saturated rings. The summed E-state index contributed by atoms with van der Waals surface area (Å²) in [6.45, 7) is 0. The summed E-state index contributed by atoms with van der Waals surface area (Å²) >= 11 is 0. The summed E-state index contributed by atoms with van der Waals surface area (Å²) in [7, 11) is 0. The first-order valence-electron chi connectivity index (χ1n) is 16.7. The Hall–Kier alpha value is -6.58. The van der Waals surface area contributed by atoms with Gasteiger partial charge in [0.25, 0.3) is 0 Å². The van der Waals surface area contributed by atoms with E-state index in [1.54, 1.807) is 0 Å². The summed E-state index contributed by atoms with van der Waals surface area (Å²) in [6, 6.07) is 65.1. The SMILES string of the molecule is c1ccc(-c2cccc(N(c3ccc4oc5cc6ccccc6cc5c4c3)c3ccc4c5ccccc5n(-c5ccccc5)c4c3)c2)cc1. The molecule has 2 heterocycles. The summed E-state index contributed by atoms with van der Waals surface area (Å²) in [6.07, 6.45) is 0. The maximum absolute atomic E-state index is 6.42. The van der Waals surface area contributed by atoms with E-state index in [-0.39, 0.29) is 0 Å². The van der Waals surface area contributed by atoms with E-state index in [2.05, 4.69) is 191 Å². The molecule has 0 atom stereocenters. The fraction of sp³-hybridized carbons (Fsp3) is 0. The number of aromatic nitrogens is 1. The zero-order valence-corrected chi connectivity index (χ0v) is 26.6. The number of hydrogen-bond acceptors (Lipinski definition) is 2. The number of hydrogen-bond donors (Lipinski definition) is 0. The molecular weight excluding hydrogens is 597 g/mol. The molecular formula is C46H30N2O. The summed E-state index contributed by atoms with van der Waals surface area (Å²) in [5.41, 5.74) is 10.9. The fourth-order valence-corrected chi connectivity index (χ4v) is 7.44. The molecule has 230 valence electrons. The highest BCUT2D eigenvalue weighted by Gasteiger charge is 2.19. The van der Waals surface area contributed by atoms with Crippen LogP contribution in [0.25, 0.3) is 71.3 Å². The summed E-state index contributed by atoms with van der Waals surface area (Å²) in [4.78, 5) is 2.37. The second-order valence-electron chi connectivity index (χ2n) is 12.6. The monoisotopic (exact) mass is 626 g/mol. The Kier molecular flexibility index (Phi) is 6.18. The van der Waals surface area contributed by atoms with Gasteiger partial charge in [-0.15, -0.1) is 0 Å². The van der Waals surface area contributed by atoms with Gasteiger partial charge in [0.15, 0.2) is 0 Å². The first kappa shape index (κ1) is 27.5. The van der Waals surface area contributed by atoms with Gasteiger partial charge in [0.05, 0.1) is 11.0 Å². The van der Waals surface area contributed by atoms with Crippen LogP contribution >= 0.6 is 0 Å². The van der Waals surface area contributed by atoms with Crippen LogP contribution in [0, 0.1) is 0 Å². The van der Waals surface area contributed by atoms with Crippen molar-refractivity contribution in [2.24, 2.45) is 0 Å². The Morgan fingerprint density at radius 3 is 1.86 bits per heavy atom.